The zero-order valence-corrected chi connectivity index (χ0v) is 12.2. The van der Waals surface area contributed by atoms with Gasteiger partial charge in [0.2, 0.25) is 5.91 Å². The van der Waals surface area contributed by atoms with Crippen molar-refractivity contribution in [3.63, 3.8) is 0 Å². The summed E-state index contributed by atoms with van der Waals surface area (Å²) in [6.07, 6.45) is 9.91. The number of ether oxygens (including phenoxy) is 1. The van der Waals surface area contributed by atoms with Crippen LogP contribution in [0.15, 0.2) is 0 Å². The lowest BCUT2D eigenvalue weighted by Crippen LogP contribution is -2.53. The van der Waals surface area contributed by atoms with Crippen molar-refractivity contribution in [2.24, 2.45) is 11.1 Å². The molecule has 0 aromatic heterocycles. The van der Waals surface area contributed by atoms with Gasteiger partial charge in [-0.3, -0.25) is 4.79 Å². The van der Waals surface area contributed by atoms with Crippen LogP contribution < -0.4 is 11.1 Å². The number of amides is 1. The number of methoxy groups -OCH3 is 1. The molecule has 0 atom stereocenters. The summed E-state index contributed by atoms with van der Waals surface area (Å²) >= 11 is 0. The molecule has 2 saturated carbocycles. The van der Waals surface area contributed by atoms with Gasteiger partial charge in [0.15, 0.2) is 0 Å². The van der Waals surface area contributed by atoms with E-state index in [0.717, 1.165) is 38.5 Å². The van der Waals surface area contributed by atoms with Crippen molar-refractivity contribution in [3.8, 4) is 0 Å². The van der Waals surface area contributed by atoms with Gasteiger partial charge in [-0.2, -0.15) is 0 Å². The molecule has 19 heavy (non-hydrogen) atoms. The molecule has 4 nitrogen and oxygen atoms in total. The number of hydrogen-bond acceptors (Lipinski definition) is 3. The topological polar surface area (TPSA) is 64.3 Å². The van der Waals surface area contributed by atoms with E-state index in [9.17, 15) is 4.79 Å². The summed E-state index contributed by atoms with van der Waals surface area (Å²) in [5.41, 5.74) is 5.51. The second-order valence-electron chi connectivity index (χ2n) is 6.32. The summed E-state index contributed by atoms with van der Waals surface area (Å²) < 4.78 is 5.56. The molecule has 0 spiro atoms. The highest BCUT2D eigenvalue weighted by atomic mass is 16.5. The van der Waals surface area contributed by atoms with Crippen LogP contribution in [0.4, 0.5) is 0 Å². The first-order chi connectivity index (χ1) is 9.16. The highest BCUT2D eigenvalue weighted by molar-refractivity contribution is 5.83. The minimum atomic E-state index is -0.324. The number of rotatable bonds is 5. The molecule has 2 rings (SSSR count). The summed E-state index contributed by atoms with van der Waals surface area (Å²) in [5, 5.41) is 3.12. The maximum Gasteiger partial charge on any atom is 0.227 e. The third-order valence-electron chi connectivity index (χ3n) is 5.20. The molecule has 0 aromatic rings. The molecular weight excluding hydrogens is 240 g/mol. The van der Waals surface area contributed by atoms with Crippen LogP contribution in [0, 0.1) is 5.41 Å². The molecular formula is C15H28N2O2. The summed E-state index contributed by atoms with van der Waals surface area (Å²) in [6, 6.07) is 0. The predicted octanol–water partition coefficient (Wildman–Crippen LogP) is 1.97. The van der Waals surface area contributed by atoms with Gasteiger partial charge in [-0.1, -0.05) is 25.7 Å². The highest BCUT2D eigenvalue weighted by Crippen LogP contribution is 2.36. The van der Waals surface area contributed by atoms with Crippen LogP contribution >= 0.6 is 0 Å². The number of hydrogen-bond donors (Lipinski definition) is 2. The van der Waals surface area contributed by atoms with Gasteiger partial charge in [-0.05, 0) is 32.1 Å². The van der Waals surface area contributed by atoms with E-state index in [1.165, 1.54) is 19.3 Å². The van der Waals surface area contributed by atoms with Crippen molar-refractivity contribution in [3.05, 3.63) is 0 Å². The van der Waals surface area contributed by atoms with Gasteiger partial charge in [-0.25, -0.2) is 0 Å². The second-order valence-corrected chi connectivity index (χ2v) is 6.32. The number of carbonyl (C=O) groups is 1. The van der Waals surface area contributed by atoms with Crippen molar-refractivity contribution in [1.29, 1.82) is 0 Å². The molecule has 1 amide bonds. The van der Waals surface area contributed by atoms with Crippen LogP contribution in [-0.2, 0) is 9.53 Å². The van der Waals surface area contributed by atoms with E-state index in [0.29, 0.717) is 13.1 Å². The van der Waals surface area contributed by atoms with Gasteiger partial charge in [0.05, 0.1) is 11.0 Å². The smallest absolute Gasteiger partial charge is 0.227 e. The molecule has 0 aromatic carbocycles. The summed E-state index contributed by atoms with van der Waals surface area (Å²) in [4.78, 5) is 12.6. The summed E-state index contributed by atoms with van der Waals surface area (Å²) in [6.45, 7) is 1.11. The third kappa shape index (κ3) is 3.11. The molecule has 2 aliphatic carbocycles. The molecule has 0 heterocycles. The quantitative estimate of drug-likeness (QED) is 0.749. The van der Waals surface area contributed by atoms with Crippen molar-refractivity contribution >= 4 is 5.91 Å². The molecule has 2 aliphatic rings. The molecule has 0 unspecified atom stereocenters. The van der Waals surface area contributed by atoms with E-state index in [2.05, 4.69) is 5.32 Å². The lowest BCUT2D eigenvalue weighted by molar-refractivity contribution is -0.134. The van der Waals surface area contributed by atoms with Gasteiger partial charge in [0.1, 0.15) is 0 Å². The van der Waals surface area contributed by atoms with Crippen LogP contribution in [0.3, 0.4) is 0 Å². The van der Waals surface area contributed by atoms with E-state index in [-0.39, 0.29) is 16.9 Å². The second kappa shape index (κ2) is 6.23. The number of nitrogens with one attached hydrogen (secondary N) is 1. The lowest BCUT2D eigenvalue weighted by Gasteiger charge is -2.41. The van der Waals surface area contributed by atoms with Gasteiger partial charge < -0.3 is 15.8 Å². The first-order valence-electron chi connectivity index (χ1n) is 7.70. The van der Waals surface area contributed by atoms with E-state index >= 15 is 0 Å². The maximum absolute atomic E-state index is 12.6. The van der Waals surface area contributed by atoms with Crippen LogP contribution in [0.5, 0.6) is 0 Å². The van der Waals surface area contributed by atoms with Crippen molar-refractivity contribution in [1.82, 2.24) is 5.32 Å². The molecule has 4 heteroatoms. The van der Waals surface area contributed by atoms with Crippen molar-refractivity contribution in [2.45, 2.75) is 63.4 Å². The molecule has 2 fully saturated rings. The molecule has 0 bridgehead atoms. The fourth-order valence-corrected chi connectivity index (χ4v) is 3.38. The van der Waals surface area contributed by atoms with Gasteiger partial charge in [0, 0.05) is 20.2 Å². The Hall–Kier alpha value is -0.610. The minimum absolute atomic E-state index is 0.101. The maximum atomic E-state index is 12.6. The molecule has 0 radical (unpaired) electrons. The number of nitrogens with two attached hydrogens (primary N) is 1. The Morgan fingerprint density at radius 3 is 2.16 bits per heavy atom. The standard InChI is InChI=1S/C15H28N2O2/c1-19-15(9-6-10-15)12-17-13(18)14(11-16)7-4-2-3-5-8-14/h2-12,16H2,1H3,(H,17,18). The first-order valence-corrected chi connectivity index (χ1v) is 7.70. The van der Waals surface area contributed by atoms with E-state index in [4.69, 9.17) is 10.5 Å². The summed E-state index contributed by atoms with van der Waals surface area (Å²) in [5.74, 6) is 0.153. The molecule has 3 N–H and O–H groups in total. The van der Waals surface area contributed by atoms with Gasteiger partial charge >= 0.3 is 0 Å². The van der Waals surface area contributed by atoms with Crippen LogP contribution in [0.2, 0.25) is 0 Å². The third-order valence-corrected chi connectivity index (χ3v) is 5.20. The Labute approximate surface area is 116 Å². The Kier molecular flexibility index (Phi) is 4.85. The fourth-order valence-electron chi connectivity index (χ4n) is 3.38. The van der Waals surface area contributed by atoms with E-state index < -0.39 is 0 Å². The number of carbonyl (C=O) groups excluding carboxylic acids is 1. The largest absolute Gasteiger partial charge is 0.376 e. The molecule has 0 saturated heterocycles. The Morgan fingerprint density at radius 2 is 1.74 bits per heavy atom. The van der Waals surface area contributed by atoms with Crippen LogP contribution in [-0.4, -0.2) is 31.7 Å². The van der Waals surface area contributed by atoms with E-state index in [1.807, 2.05) is 0 Å². The minimum Gasteiger partial charge on any atom is -0.376 e. The zero-order valence-electron chi connectivity index (χ0n) is 12.2. The van der Waals surface area contributed by atoms with Crippen molar-refractivity contribution < 1.29 is 9.53 Å². The molecule has 110 valence electrons. The SMILES string of the molecule is COC1(CNC(=O)C2(CN)CCCCCC2)CCC1. The average Bonchev–Trinajstić information content (AvgIpc) is 2.64. The predicted molar refractivity (Wildman–Crippen MR) is 75.8 cm³/mol. The van der Waals surface area contributed by atoms with Gasteiger partial charge in [-0.15, -0.1) is 0 Å². The Morgan fingerprint density at radius 1 is 1.11 bits per heavy atom. The van der Waals surface area contributed by atoms with Crippen LogP contribution in [0.25, 0.3) is 0 Å². The Balaban J connectivity index is 1.92. The average molecular weight is 268 g/mol. The fraction of sp³-hybridized carbons (Fsp3) is 0.933. The highest BCUT2D eigenvalue weighted by Gasteiger charge is 2.41. The van der Waals surface area contributed by atoms with Crippen molar-refractivity contribution in [2.75, 3.05) is 20.2 Å². The van der Waals surface area contributed by atoms with Crippen LogP contribution in [0.1, 0.15) is 57.8 Å². The molecule has 0 aliphatic heterocycles. The lowest BCUT2D eigenvalue weighted by atomic mass is 9.77. The normalized spacial score (nSPS) is 25.2. The first kappa shape index (κ1) is 14.8. The van der Waals surface area contributed by atoms with E-state index in [1.54, 1.807) is 7.11 Å². The Bertz CT molecular complexity index is 300. The monoisotopic (exact) mass is 268 g/mol. The summed E-state index contributed by atoms with van der Waals surface area (Å²) in [7, 11) is 1.75. The van der Waals surface area contributed by atoms with Gasteiger partial charge in [0.25, 0.3) is 0 Å². The zero-order chi connectivity index (χ0) is 13.8.